The number of nitrogens with one attached hydrogen (secondary N) is 2. The number of amides is 2. The van der Waals surface area contributed by atoms with Crippen molar-refractivity contribution in [3.05, 3.63) is 68.4 Å². The summed E-state index contributed by atoms with van der Waals surface area (Å²) in [4.78, 5) is 24.9. The molecule has 32 heavy (non-hydrogen) atoms. The van der Waals surface area contributed by atoms with E-state index in [0.717, 1.165) is 5.56 Å². The van der Waals surface area contributed by atoms with Crippen LogP contribution in [0.2, 0.25) is 15.1 Å². The van der Waals surface area contributed by atoms with Gasteiger partial charge < -0.3 is 15.2 Å². The van der Waals surface area contributed by atoms with E-state index in [0.29, 0.717) is 32.3 Å². The molecule has 0 aliphatic rings. The Hall–Kier alpha value is -2.26. The van der Waals surface area contributed by atoms with Crippen molar-refractivity contribution in [3.8, 4) is 0 Å². The second-order valence-corrected chi connectivity index (χ2v) is 9.24. The van der Waals surface area contributed by atoms with Gasteiger partial charge >= 0.3 is 0 Å². The van der Waals surface area contributed by atoms with Crippen LogP contribution < -0.4 is 10.6 Å². The van der Waals surface area contributed by atoms with Crippen LogP contribution in [0, 0.1) is 6.92 Å². The number of carbonyl (C=O) groups is 2. The van der Waals surface area contributed by atoms with Gasteiger partial charge in [-0.1, -0.05) is 52.6 Å². The van der Waals surface area contributed by atoms with E-state index >= 15 is 0 Å². The predicted molar refractivity (Wildman–Crippen MR) is 129 cm³/mol. The molecule has 2 aromatic carbocycles. The van der Waals surface area contributed by atoms with Gasteiger partial charge in [-0.15, -0.1) is 10.2 Å². The third-order valence-corrected chi connectivity index (χ3v) is 6.39. The number of aryl methyl sites for hydroxylation is 1. The zero-order valence-corrected chi connectivity index (χ0v) is 20.5. The van der Waals surface area contributed by atoms with Crippen LogP contribution in [0.1, 0.15) is 34.7 Å². The average Bonchev–Trinajstić information content (AvgIpc) is 3.09. The number of rotatable bonds is 7. The number of nitrogens with zero attached hydrogens (tertiary/aromatic N) is 3. The third-order valence-electron chi connectivity index (χ3n) is 4.59. The molecule has 0 fully saturated rings. The summed E-state index contributed by atoms with van der Waals surface area (Å²) in [5.74, 6) is 0.132. The van der Waals surface area contributed by atoms with Crippen molar-refractivity contribution in [2.24, 2.45) is 7.05 Å². The SMILES string of the molecule is Cc1ccc(Cl)cc1NC(=O)CSc1nnc([C@@H](C)NC(=O)c2ccc(Cl)cc2Cl)n1C. The zero-order chi connectivity index (χ0) is 23.4. The molecule has 2 N–H and O–H groups in total. The Balaban J connectivity index is 1.61. The second-order valence-electron chi connectivity index (χ2n) is 7.02. The van der Waals surface area contributed by atoms with Crippen LogP contribution in [-0.4, -0.2) is 32.3 Å². The lowest BCUT2D eigenvalue weighted by atomic mass is 10.2. The van der Waals surface area contributed by atoms with Crippen molar-refractivity contribution < 1.29 is 9.59 Å². The molecule has 0 unspecified atom stereocenters. The first kappa shape index (κ1) is 24.4. The highest BCUT2D eigenvalue weighted by Gasteiger charge is 2.20. The highest BCUT2D eigenvalue weighted by atomic mass is 35.5. The summed E-state index contributed by atoms with van der Waals surface area (Å²) >= 11 is 19.2. The first-order chi connectivity index (χ1) is 15.2. The van der Waals surface area contributed by atoms with Gasteiger partial charge in [-0.25, -0.2) is 0 Å². The summed E-state index contributed by atoms with van der Waals surface area (Å²) in [7, 11) is 1.77. The average molecular weight is 513 g/mol. The number of benzene rings is 2. The number of aromatic nitrogens is 3. The van der Waals surface area contributed by atoms with Crippen LogP contribution in [0.5, 0.6) is 0 Å². The number of anilines is 1. The van der Waals surface area contributed by atoms with Gasteiger partial charge in [0.15, 0.2) is 11.0 Å². The number of hydrogen-bond acceptors (Lipinski definition) is 5. The fourth-order valence-electron chi connectivity index (χ4n) is 2.89. The monoisotopic (exact) mass is 511 g/mol. The Bertz CT molecular complexity index is 1170. The number of thioether (sulfide) groups is 1. The molecule has 11 heteroatoms. The summed E-state index contributed by atoms with van der Waals surface area (Å²) < 4.78 is 1.73. The Morgan fingerprint density at radius 1 is 1.09 bits per heavy atom. The smallest absolute Gasteiger partial charge is 0.253 e. The summed E-state index contributed by atoms with van der Waals surface area (Å²) in [5.41, 5.74) is 1.89. The van der Waals surface area contributed by atoms with Crippen LogP contribution >= 0.6 is 46.6 Å². The predicted octanol–water partition coefficient (Wildman–Crippen LogP) is 5.31. The van der Waals surface area contributed by atoms with Gasteiger partial charge in [0.2, 0.25) is 5.91 Å². The van der Waals surface area contributed by atoms with Gasteiger partial charge in [-0.3, -0.25) is 9.59 Å². The molecule has 0 saturated carbocycles. The van der Waals surface area contributed by atoms with E-state index in [9.17, 15) is 9.59 Å². The zero-order valence-electron chi connectivity index (χ0n) is 17.4. The minimum Gasteiger partial charge on any atom is -0.342 e. The maximum atomic E-state index is 12.6. The largest absolute Gasteiger partial charge is 0.342 e. The molecule has 3 aromatic rings. The van der Waals surface area contributed by atoms with Crippen molar-refractivity contribution >= 4 is 64.1 Å². The lowest BCUT2D eigenvalue weighted by molar-refractivity contribution is -0.113. The van der Waals surface area contributed by atoms with Crippen molar-refractivity contribution in [2.45, 2.75) is 25.0 Å². The van der Waals surface area contributed by atoms with Crippen LogP contribution in [-0.2, 0) is 11.8 Å². The first-order valence-corrected chi connectivity index (χ1v) is 11.6. The van der Waals surface area contributed by atoms with Crippen molar-refractivity contribution in [1.29, 1.82) is 0 Å². The van der Waals surface area contributed by atoms with E-state index in [1.807, 2.05) is 13.0 Å². The highest BCUT2D eigenvalue weighted by Crippen LogP contribution is 2.24. The Morgan fingerprint density at radius 3 is 2.50 bits per heavy atom. The van der Waals surface area contributed by atoms with Crippen molar-refractivity contribution in [2.75, 3.05) is 11.1 Å². The summed E-state index contributed by atoms with van der Waals surface area (Å²) in [6.45, 7) is 3.68. The summed E-state index contributed by atoms with van der Waals surface area (Å²) in [5, 5.41) is 15.8. The van der Waals surface area contributed by atoms with Gasteiger partial charge in [-0.2, -0.15) is 0 Å². The molecule has 2 amide bonds. The molecule has 0 saturated heterocycles. The van der Waals surface area contributed by atoms with Gasteiger partial charge in [0, 0.05) is 22.8 Å². The minimum absolute atomic E-state index is 0.138. The maximum absolute atomic E-state index is 12.6. The van der Waals surface area contributed by atoms with Gasteiger partial charge in [-0.05, 0) is 49.7 Å². The molecule has 7 nitrogen and oxygen atoms in total. The van der Waals surface area contributed by atoms with Crippen molar-refractivity contribution in [3.63, 3.8) is 0 Å². The fourth-order valence-corrected chi connectivity index (χ4v) is 4.27. The van der Waals surface area contributed by atoms with Crippen LogP contribution in [0.15, 0.2) is 41.6 Å². The molecular weight excluding hydrogens is 493 g/mol. The lowest BCUT2D eigenvalue weighted by Crippen LogP contribution is -2.28. The normalized spacial score (nSPS) is 11.8. The van der Waals surface area contributed by atoms with E-state index in [4.69, 9.17) is 34.8 Å². The fraction of sp³-hybridized carbons (Fsp3) is 0.238. The number of carbonyl (C=O) groups excluding carboxylic acids is 2. The van der Waals surface area contributed by atoms with Gasteiger partial charge in [0.05, 0.1) is 22.4 Å². The Kier molecular flexibility index (Phi) is 8.05. The first-order valence-electron chi connectivity index (χ1n) is 9.49. The summed E-state index contributed by atoms with van der Waals surface area (Å²) in [6.07, 6.45) is 0. The third kappa shape index (κ3) is 5.95. The molecule has 168 valence electrons. The number of hydrogen-bond donors (Lipinski definition) is 2. The molecule has 0 spiro atoms. The van der Waals surface area contributed by atoms with E-state index in [1.54, 1.807) is 42.8 Å². The minimum atomic E-state index is -0.441. The van der Waals surface area contributed by atoms with Crippen LogP contribution in [0.25, 0.3) is 0 Å². The quantitative estimate of drug-likeness (QED) is 0.419. The second kappa shape index (κ2) is 10.6. The van der Waals surface area contributed by atoms with E-state index in [1.165, 1.54) is 17.8 Å². The van der Waals surface area contributed by atoms with E-state index in [-0.39, 0.29) is 22.6 Å². The molecule has 1 atom stereocenters. The molecule has 0 aliphatic carbocycles. The molecule has 1 heterocycles. The molecule has 1 aromatic heterocycles. The Labute approximate surface area is 204 Å². The van der Waals surface area contributed by atoms with Crippen molar-refractivity contribution in [1.82, 2.24) is 20.1 Å². The Morgan fingerprint density at radius 2 is 1.78 bits per heavy atom. The molecule has 3 rings (SSSR count). The van der Waals surface area contributed by atoms with Crippen LogP contribution in [0.3, 0.4) is 0 Å². The standard InChI is InChI=1S/C21H20Cl3N5O2S/c1-11-4-5-14(23)9-17(11)26-18(30)10-32-21-28-27-19(29(21)3)12(2)25-20(31)15-7-6-13(22)8-16(15)24/h4-9,12H,10H2,1-3H3,(H,25,31)(H,26,30)/t12-/m1/s1. The van der Waals surface area contributed by atoms with Crippen LogP contribution in [0.4, 0.5) is 5.69 Å². The van der Waals surface area contributed by atoms with E-state index < -0.39 is 6.04 Å². The number of halogens is 3. The van der Waals surface area contributed by atoms with Gasteiger partial charge in [0.1, 0.15) is 0 Å². The summed E-state index contributed by atoms with van der Waals surface area (Å²) in [6, 6.07) is 9.54. The lowest BCUT2D eigenvalue weighted by Gasteiger charge is -2.14. The van der Waals surface area contributed by atoms with E-state index in [2.05, 4.69) is 20.8 Å². The molecule has 0 aliphatic heterocycles. The maximum Gasteiger partial charge on any atom is 0.253 e. The molecule has 0 radical (unpaired) electrons. The highest BCUT2D eigenvalue weighted by molar-refractivity contribution is 7.99. The van der Waals surface area contributed by atoms with Gasteiger partial charge in [0.25, 0.3) is 5.91 Å². The molecule has 0 bridgehead atoms. The molecular formula is C21H20Cl3N5O2S. The topological polar surface area (TPSA) is 88.9 Å².